The summed E-state index contributed by atoms with van der Waals surface area (Å²) >= 11 is 0. The Hall–Kier alpha value is -1.43. The van der Waals surface area contributed by atoms with Crippen molar-refractivity contribution in [3.05, 3.63) is 11.7 Å². The van der Waals surface area contributed by atoms with Crippen molar-refractivity contribution in [2.24, 2.45) is 5.92 Å². The lowest BCUT2D eigenvalue weighted by atomic mass is 9.99. The summed E-state index contributed by atoms with van der Waals surface area (Å²) in [6, 6.07) is 0.0849. The van der Waals surface area contributed by atoms with Gasteiger partial charge in [0.05, 0.1) is 13.0 Å². The molecule has 1 fully saturated rings. The molecule has 1 aromatic heterocycles. The molecule has 20 heavy (non-hydrogen) atoms. The van der Waals surface area contributed by atoms with Crippen LogP contribution in [0.1, 0.15) is 51.2 Å². The summed E-state index contributed by atoms with van der Waals surface area (Å²) in [5.41, 5.74) is 0. The highest BCUT2D eigenvalue weighted by molar-refractivity contribution is 5.67. The molecule has 2 rings (SSSR count). The van der Waals surface area contributed by atoms with E-state index in [2.05, 4.69) is 28.9 Å². The molecule has 0 spiro atoms. The number of hydrogen-bond acceptors (Lipinski definition) is 5. The first-order valence-corrected chi connectivity index (χ1v) is 7.32. The Bertz CT molecular complexity index is 445. The van der Waals surface area contributed by atoms with E-state index in [1.54, 1.807) is 0 Å². The number of nitrogens with zero attached hydrogens (tertiary/aromatic N) is 3. The Balaban J connectivity index is 1.95. The van der Waals surface area contributed by atoms with Crippen molar-refractivity contribution >= 4 is 5.97 Å². The van der Waals surface area contributed by atoms with Crippen LogP contribution >= 0.6 is 0 Å². The van der Waals surface area contributed by atoms with Crippen molar-refractivity contribution in [2.45, 2.75) is 58.5 Å². The maximum Gasteiger partial charge on any atom is 0.304 e. The average molecular weight is 281 g/mol. The molecule has 0 saturated carbocycles. The molecule has 1 unspecified atom stereocenters. The quantitative estimate of drug-likeness (QED) is 0.860. The molecular weight excluding hydrogens is 258 g/mol. The molecule has 0 radical (unpaired) electrons. The number of rotatable bonds is 6. The predicted octanol–water partition coefficient (Wildman–Crippen LogP) is 2.10. The van der Waals surface area contributed by atoms with E-state index in [9.17, 15) is 4.79 Å². The summed E-state index contributed by atoms with van der Waals surface area (Å²) in [5.74, 6) is 1.09. The minimum atomic E-state index is -0.743. The van der Waals surface area contributed by atoms with E-state index in [-0.39, 0.29) is 12.5 Å². The van der Waals surface area contributed by atoms with Crippen LogP contribution in [0.25, 0.3) is 0 Å². The average Bonchev–Trinajstić information content (AvgIpc) is 2.77. The van der Waals surface area contributed by atoms with Gasteiger partial charge >= 0.3 is 5.97 Å². The molecule has 1 N–H and O–H groups in total. The zero-order valence-electron chi connectivity index (χ0n) is 12.2. The molecule has 0 aromatic carbocycles. The third kappa shape index (κ3) is 4.30. The largest absolute Gasteiger partial charge is 0.481 e. The fraction of sp³-hybridized carbons (Fsp3) is 0.786. The lowest BCUT2D eigenvalue weighted by Crippen LogP contribution is -2.40. The van der Waals surface area contributed by atoms with Gasteiger partial charge in [0, 0.05) is 12.5 Å². The van der Waals surface area contributed by atoms with Crippen molar-refractivity contribution < 1.29 is 14.4 Å². The van der Waals surface area contributed by atoms with E-state index in [0.717, 1.165) is 38.1 Å². The van der Waals surface area contributed by atoms with Gasteiger partial charge in [0.1, 0.15) is 0 Å². The SMILES string of the molecule is CC(C)Cc1noc(CN2CCCCC2CC(=O)O)n1. The van der Waals surface area contributed by atoms with Crippen molar-refractivity contribution in [1.82, 2.24) is 15.0 Å². The number of carboxylic acids is 1. The number of hydrogen-bond donors (Lipinski definition) is 1. The molecule has 6 nitrogen and oxygen atoms in total. The second kappa shape index (κ2) is 6.83. The van der Waals surface area contributed by atoms with Gasteiger partial charge in [0.25, 0.3) is 0 Å². The van der Waals surface area contributed by atoms with Gasteiger partial charge in [-0.2, -0.15) is 4.98 Å². The Kier molecular flexibility index (Phi) is 5.11. The Morgan fingerprint density at radius 3 is 3.00 bits per heavy atom. The van der Waals surface area contributed by atoms with Gasteiger partial charge in [-0.3, -0.25) is 9.69 Å². The summed E-state index contributed by atoms with van der Waals surface area (Å²) in [6.07, 6.45) is 4.12. The van der Waals surface area contributed by atoms with Gasteiger partial charge in [-0.05, 0) is 25.3 Å². The molecule has 1 aromatic rings. The van der Waals surface area contributed by atoms with Gasteiger partial charge in [0.2, 0.25) is 5.89 Å². The first-order chi connectivity index (χ1) is 9.54. The van der Waals surface area contributed by atoms with Crippen LogP contribution < -0.4 is 0 Å². The van der Waals surface area contributed by atoms with Crippen LogP contribution in [-0.4, -0.2) is 38.7 Å². The molecule has 1 aliphatic rings. The van der Waals surface area contributed by atoms with Crippen LogP contribution in [0, 0.1) is 5.92 Å². The summed E-state index contributed by atoms with van der Waals surface area (Å²) in [7, 11) is 0. The molecule has 6 heteroatoms. The maximum atomic E-state index is 10.9. The molecule has 0 aliphatic carbocycles. The highest BCUT2D eigenvalue weighted by Crippen LogP contribution is 2.21. The van der Waals surface area contributed by atoms with Crippen LogP contribution in [0.3, 0.4) is 0 Å². The molecule has 0 amide bonds. The van der Waals surface area contributed by atoms with Crippen LogP contribution in [-0.2, 0) is 17.8 Å². The number of piperidine rings is 1. The monoisotopic (exact) mass is 281 g/mol. The van der Waals surface area contributed by atoms with Crippen molar-refractivity contribution in [3.8, 4) is 0 Å². The maximum absolute atomic E-state index is 10.9. The summed E-state index contributed by atoms with van der Waals surface area (Å²) < 4.78 is 5.27. The third-order valence-electron chi connectivity index (χ3n) is 3.60. The van der Waals surface area contributed by atoms with Gasteiger partial charge in [-0.25, -0.2) is 0 Å². The van der Waals surface area contributed by atoms with Gasteiger partial charge in [-0.15, -0.1) is 0 Å². The minimum absolute atomic E-state index is 0.0849. The molecule has 1 atom stereocenters. The van der Waals surface area contributed by atoms with E-state index >= 15 is 0 Å². The van der Waals surface area contributed by atoms with E-state index < -0.39 is 5.97 Å². The molecule has 1 saturated heterocycles. The van der Waals surface area contributed by atoms with E-state index in [1.165, 1.54) is 0 Å². The van der Waals surface area contributed by atoms with E-state index in [0.29, 0.717) is 18.4 Å². The number of aliphatic carboxylic acids is 1. The van der Waals surface area contributed by atoms with Crippen LogP contribution in [0.15, 0.2) is 4.52 Å². The third-order valence-corrected chi connectivity index (χ3v) is 3.60. The predicted molar refractivity (Wildman–Crippen MR) is 73.1 cm³/mol. The van der Waals surface area contributed by atoms with Gasteiger partial charge in [0.15, 0.2) is 5.82 Å². The molecular formula is C14H23N3O3. The normalized spacial score (nSPS) is 20.4. The Morgan fingerprint density at radius 2 is 2.30 bits per heavy atom. The van der Waals surface area contributed by atoms with Crippen LogP contribution in [0.2, 0.25) is 0 Å². The summed E-state index contributed by atoms with van der Waals surface area (Å²) in [5, 5.41) is 13.0. The standard InChI is InChI=1S/C14H23N3O3/c1-10(2)7-12-15-13(20-16-12)9-17-6-4-3-5-11(17)8-14(18)19/h10-11H,3-9H2,1-2H3,(H,18,19). The minimum Gasteiger partial charge on any atom is -0.481 e. The molecule has 0 bridgehead atoms. The smallest absolute Gasteiger partial charge is 0.304 e. The van der Waals surface area contributed by atoms with E-state index in [1.807, 2.05) is 0 Å². The topological polar surface area (TPSA) is 79.5 Å². The second-order valence-corrected chi connectivity index (χ2v) is 5.92. The van der Waals surface area contributed by atoms with Crippen molar-refractivity contribution in [1.29, 1.82) is 0 Å². The highest BCUT2D eigenvalue weighted by Gasteiger charge is 2.26. The van der Waals surface area contributed by atoms with Crippen molar-refractivity contribution in [3.63, 3.8) is 0 Å². The number of carbonyl (C=O) groups is 1. The highest BCUT2D eigenvalue weighted by atomic mass is 16.5. The fourth-order valence-corrected chi connectivity index (χ4v) is 2.68. The molecule has 112 valence electrons. The summed E-state index contributed by atoms with van der Waals surface area (Å²) in [6.45, 7) is 5.69. The van der Waals surface area contributed by atoms with E-state index in [4.69, 9.17) is 9.63 Å². The Labute approximate surface area is 119 Å². The first-order valence-electron chi connectivity index (χ1n) is 7.32. The first kappa shape index (κ1) is 15.0. The van der Waals surface area contributed by atoms with Crippen LogP contribution in [0.5, 0.6) is 0 Å². The zero-order chi connectivity index (χ0) is 14.5. The van der Waals surface area contributed by atoms with Crippen LogP contribution in [0.4, 0.5) is 0 Å². The van der Waals surface area contributed by atoms with Gasteiger partial charge < -0.3 is 9.63 Å². The molecule has 2 heterocycles. The fourth-order valence-electron chi connectivity index (χ4n) is 2.68. The summed E-state index contributed by atoms with van der Waals surface area (Å²) in [4.78, 5) is 17.5. The second-order valence-electron chi connectivity index (χ2n) is 5.92. The lowest BCUT2D eigenvalue weighted by Gasteiger charge is -2.33. The Morgan fingerprint density at radius 1 is 1.50 bits per heavy atom. The zero-order valence-corrected chi connectivity index (χ0v) is 12.2. The number of aromatic nitrogens is 2. The van der Waals surface area contributed by atoms with Crippen molar-refractivity contribution in [2.75, 3.05) is 6.54 Å². The number of likely N-dealkylation sites (tertiary alicyclic amines) is 1. The number of carboxylic acid groups (broad SMARTS) is 1. The van der Waals surface area contributed by atoms with Gasteiger partial charge in [-0.1, -0.05) is 25.4 Å². The molecule has 1 aliphatic heterocycles. The lowest BCUT2D eigenvalue weighted by molar-refractivity contribution is -0.138.